The quantitative estimate of drug-likeness (QED) is 0.186. The summed E-state index contributed by atoms with van der Waals surface area (Å²) in [5.74, 6) is 0. The summed E-state index contributed by atoms with van der Waals surface area (Å²) in [5, 5.41) is 4.89. The van der Waals surface area contributed by atoms with Crippen molar-refractivity contribution < 1.29 is 0 Å². The molecule has 2 aliphatic rings. The van der Waals surface area contributed by atoms with Gasteiger partial charge in [-0.15, -0.1) is 0 Å². The van der Waals surface area contributed by atoms with Gasteiger partial charge in [-0.25, -0.2) is 4.98 Å². The third-order valence-corrected chi connectivity index (χ3v) is 11.2. The number of nitrogens with zero attached hydrogens (tertiary/aromatic N) is 1. The van der Waals surface area contributed by atoms with Gasteiger partial charge in [0.05, 0.1) is 16.8 Å². The van der Waals surface area contributed by atoms with Gasteiger partial charge in [0, 0.05) is 11.1 Å². The molecule has 51 heavy (non-hydrogen) atoms. The summed E-state index contributed by atoms with van der Waals surface area (Å²) in [7, 11) is 0. The molecule has 1 aromatic heterocycles. The molecule has 0 atom stereocenters. The second kappa shape index (κ2) is 10.7. The molecule has 1 heteroatoms. The standard InChI is InChI=1S/C50H31N/c1-3-13-34-27-37(23-21-32(34)11-1)48-30-39(31-49(51-48)38-24-22-33-12-2-4-14-35(33)28-38)36-25-26-43-42-17-7-10-20-46(42)50(47(43)29-36)44-18-8-5-15-40(44)41-16-6-9-19-45(41)50/h1-31H. The van der Waals surface area contributed by atoms with E-state index in [1.54, 1.807) is 0 Å². The fourth-order valence-electron chi connectivity index (χ4n) is 8.96. The van der Waals surface area contributed by atoms with Crippen LogP contribution in [0.25, 0.3) is 77.4 Å². The van der Waals surface area contributed by atoms with E-state index in [2.05, 4.69) is 188 Å². The van der Waals surface area contributed by atoms with Gasteiger partial charge < -0.3 is 0 Å². The lowest BCUT2D eigenvalue weighted by atomic mass is 9.70. The number of rotatable bonds is 3. The maximum absolute atomic E-state index is 5.35. The molecule has 9 aromatic rings. The Balaban J connectivity index is 1.16. The van der Waals surface area contributed by atoms with Crippen molar-refractivity contribution in [2.75, 3.05) is 0 Å². The Kier molecular flexibility index (Phi) is 5.94. The average molecular weight is 646 g/mol. The van der Waals surface area contributed by atoms with E-state index in [9.17, 15) is 0 Å². The predicted octanol–water partition coefficient (Wildman–Crippen LogP) is 12.7. The van der Waals surface area contributed by atoms with Gasteiger partial charge in [-0.3, -0.25) is 0 Å². The van der Waals surface area contributed by atoms with E-state index < -0.39 is 0 Å². The molecular formula is C50H31N. The molecule has 1 nitrogen and oxygen atoms in total. The second-order valence-electron chi connectivity index (χ2n) is 13.9. The second-order valence-corrected chi connectivity index (χ2v) is 13.9. The van der Waals surface area contributed by atoms with Gasteiger partial charge in [-0.1, -0.05) is 158 Å². The van der Waals surface area contributed by atoms with Gasteiger partial charge in [0.1, 0.15) is 0 Å². The van der Waals surface area contributed by atoms with E-state index in [4.69, 9.17) is 4.98 Å². The Labute approximate surface area is 297 Å². The number of aromatic nitrogens is 1. The first-order chi connectivity index (χ1) is 25.3. The zero-order valence-electron chi connectivity index (χ0n) is 27.8. The molecule has 0 bridgehead atoms. The highest BCUT2D eigenvalue weighted by Crippen LogP contribution is 2.63. The van der Waals surface area contributed by atoms with E-state index in [0.29, 0.717) is 0 Å². The molecule has 11 rings (SSSR count). The lowest BCUT2D eigenvalue weighted by Crippen LogP contribution is -2.25. The van der Waals surface area contributed by atoms with E-state index in [1.807, 2.05) is 0 Å². The molecule has 236 valence electrons. The summed E-state index contributed by atoms with van der Waals surface area (Å²) in [4.78, 5) is 5.35. The minimum absolute atomic E-state index is 0.384. The van der Waals surface area contributed by atoms with E-state index >= 15 is 0 Å². The van der Waals surface area contributed by atoms with E-state index in [0.717, 1.165) is 28.1 Å². The largest absolute Gasteiger partial charge is 0.248 e. The van der Waals surface area contributed by atoms with Gasteiger partial charge in [0.2, 0.25) is 0 Å². The Morgan fingerprint density at radius 1 is 0.275 bits per heavy atom. The Morgan fingerprint density at radius 3 is 1.20 bits per heavy atom. The highest BCUT2D eigenvalue weighted by Gasteiger charge is 2.51. The van der Waals surface area contributed by atoms with Crippen LogP contribution in [-0.4, -0.2) is 4.98 Å². The zero-order chi connectivity index (χ0) is 33.5. The summed E-state index contributed by atoms with van der Waals surface area (Å²) >= 11 is 0. The van der Waals surface area contributed by atoms with E-state index in [-0.39, 0.29) is 5.41 Å². The predicted molar refractivity (Wildman–Crippen MR) is 212 cm³/mol. The third kappa shape index (κ3) is 4.06. The first-order valence-electron chi connectivity index (χ1n) is 17.7. The topological polar surface area (TPSA) is 12.9 Å². The fraction of sp³-hybridized carbons (Fsp3) is 0.0200. The Hall–Kier alpha value is -6.57. The molecule has 0 aliphatic heterocycles. The Morgan fingerprint density at radius 2 is 0.686 bits per heavy atom. The lowest BCUT2D eigenvalue weighted by molar-refractivity contribution is 0.794. The molecule has 0 saturated heterocycles. The maximum atomic E-state index is 5.35. The highest BCUT2D eigenvalue weighted by atomic mass is 14.7. The summed E-state index contributed by atoms with van der Waals surface area (Å²) < 4.78 is 0. The van der Waals surface area contributed by atoms with Crippen LogP contribution in [0.2, 0.25) is 0 Å². The van der Waals surface area contributed by atoms with E-state index in [1.165, 1.54) is 71.6 Å². The molecule has 1 heterocycles. The van der Waals surface area contributed by atoms with Gasteiger partial charge in [0.25, 0.3) is 0 Å². The minimum atomic E-state index is -0.384. The van der Waals surface area contributed by atoms with Crippen LogP contribution in [0.15, 0.2) is 188 Å². The molecule has 0 unspecified atom stereocenters. The molecule has 1 spiro atoms. The number of pyridine rings is 1. The SMILES string of the molecule is c1ccc2c(c1)-c1ccccc1C21c2ccccc2-c2ccc(-c3cc(-c4ccc5ccccc5c4)nc(-c4ccc5ccccc5c4)c3)cc21. The van der Waals surface area contributed by atoms with Crippen molar-refractivity contribution in [2.24, 2.45) is 0 Å². The number of fused-ring (bicyclic) bond motifs is 12. The van der Waals surface area contributed by atoms with Crippen molar-refractivity contribution in [3.05, 3.63) is 210 Å². The molecule has 0 saturated carbocycles. The van der Waals surface area contributed by atoms with Crippen LogP contribution >= 0.6 is 0 Å². The third-order valence-electron chi connectivity index (χ3n) is 11.2. The zero-order valence-corrected chi connectivity index (χ0v) is 27.8. The van der Waals surface area contributed by atoms with Gasteiger partial charge >= 0.3 is 0 Å². The van der Waals surface area contributed by atoms with Crippen LogP contribution in [0.1, 0.15) is 22.3 Å². The smallest absolute Gasteiger partial charge is 0.0725 e. The van der Waals surface area contributed by atoms with Crippen LogP contribution in [0.3, 0.4) is 0 Å². The van der Waals surface area contributed by atoms with Crippen LogP contribution in [0.4, 0.5) is 0 Å². The number of hydrogen-bond acceptors (Lipinski definition) is 1. The molecule has 0 radical (unpaired) electrons. The molecule has 8 aromatic carbocycles. The number of benzene rings is 8. The Bertz CT molecular complexity index is 2720. The lowest BCUT2D eigenvalue weighted by Gasteiger charge is -2.30. The monoisotopic (exact) mass is 645 g/mol. The van der Waals surface area contributed by atoms with Crippen LogP contribution in [0, 0.1) is 0 Å². The van der Waals surface area contributed by atoms with Crippen LogP contribution in [-0.2, 0) is 5.41 Å². The summed E-state index contributed by atoms with van der Waals surface area (Å²) in [6, 6.07) is 69.2. The summed E-state index contributed by atoms with van der Waals surface area (Å²) in [5.41, 5.74) is 16.8. The highest BCUT2D eigenvalue weighted by molar-refractivity contribution is 5.96. The van der Waals surface area contributed by atoms with Crippen molar-refractivity contribution in [1.29, 1.82) is 0 Å². The maximum Gasteiger partial charge on any atom is 0.0725 e. The molecule has 0 amide bonds. The molecule has 2 aliphatic carbocycles. The van der Waals surface area contributed by atoms with Crippen molar-refractivity contribution in [2.45, 2.75) is 5.41 Å². The van der Waals surface area contributed by atoms with Crippen molar-refractivity contribution in [1.82, 2.24) is 4.98 Å². The van der Waals surface area contributed by atoms with Crippen molar-refractivity contribution in [3.63, 3.8) is 0 Å². The van der Waals surface area contributed by atoms with Gasteiger partial charge in [-0.2, -0.15) is 0 Å². The van der Waals surface area contributed by atoms with Gasteiger partial charge in [0.15, 0.2) is 0 Å². The molecule has 0 N–H and O–H groups in total. The van der Waals surface area contributed by atoms with Crippen molar-refractivity contribution in [3.8, 4) is 55.9 Å². The minimum Gasteiger partial charge on any atom is -0.248 e. The molecule has 0 fully saturated rings. The first-order valence-corrected chi connectivity index (χ1v) is 17.7. The first kappa shape index (κ1) is 28.3. The summed E-state index contributed by atoms with van der Waals surface area (Å²) in [6.07, 6.45) is 0. The van der Waals surface area contributed by atoms with Crippen LogP contribution in [0.5, 0.6) is 0 Å². The normalized spacial score (nSPS) is 13.3. The number of hydrogen-bond donors (Lipinski definition) is 0. The molecular weight excluding hydrogens is 615 g/mol. The van der Waals surface area contributed by atoms with Crippen LogP contribution < -0.4 is 0 Å². The van der Waals surface area contributed by atoms with Gasteiger partial charge in [-0.05, 0) is 108 Å². The fourth-order valence-corrected chi connectivity index (χ4v) is 8.96. The average Bonchev–Trinajstić information content (AvgIpc) is 3.67. The van der Waals surface area contributed by atoms with Crippen molar-refractivity contribution >= 4 is 21.5 Å². The summed E-state index contributed by atoms with van der Waals surface area (Å²) in [6.45, 7) is 0.